The lowest BCUT2D eigenvalue weighted by atomic mass is 9.90. The summed E-state index contributed by atoms with van der Waals surface area (Å²) in [5, 5.41) is 7.91. The van der Waals surface area contributed by atoms with Crippen molar-refractivity contribution in [1.29, 1.82) is 0 Å². The van der Waals surface area contributed by atoms with Crippen molar-refractivity contribution in [3.05, 3.63) is 5.69 Å². The average Bonchev–Trinajstić information content (AvgIpc) is 2.53. The normalized spacial score (nSPS) is 11.8. The third-order valence-electron chi connectivity index (χ3n) is 3.30. The van der Waals surface area contributed by atoms with Crippen LogP contribution in [0.4, 0.5) is 11.5 Å². The fourth-order valence-electron chi connectivity index (χ4n) is 1.60. The van der Waals surface area contributed by atoms with E-state index in [4.69, 9.17) is 5.73 Å². The fraction of sp³-hybridized carbons (Fsp3) is 0.769. The van der Waals surface area contributed by atoms with Crippen molar-refractivity contribution in [1.82, 2.24) is 9.78 Å². The zero-order valence-electron chi connectivity index (χ0n) is 11.8. The van der Waals surface area contributed by atoms with Crippen LogP contribution in [0.3, 0.4) is 0 Å². The Hall–Kier alpha value is -1.19. The van der Waals surface area contributed by atoms with Crippen LogP contribution in [0, 0.1) is 12.3 Å². The molecule has 3 N–H and O–H groups in total. The maximum Gasteiger partial charge on any atom is 0.148 e. The highest BCUT2D eigenvalue weighted by Crippen LogP contribution is 2.26. The number of aromatic nitrogens is 2. The van der Waals surface area contributed by atoms with Crippen LogP contribution in [0.15, 0.2) is 0 Å². The second-order valence-electron chi connectivity index (χ2n) is 5.44. The van der Waals surface area contributed by atoms with Crippen LogP contribution >= 0.6 is 0 Å². The summed E-state index contributed by atoms with van der Waals surface area (Å²) >= 11 is 0. The summed E-state index contributed by atoms with van der Waals surface area (Å²) in [7, 11) is 0. The first-order valence-corrected chi connectivity index (χ1v) is 6.48. The summed E-state index contributed by atoms with van der Waals surface area (Å²) in [6.07, 6.45) is 2.20. The van der Waals surface area contributed by atoms with Crippen molar-refractivity contribution >= 4 is 11.5 Å². The molecule has 0 aliphatic heterocycles. The highest BCUT2D eigenvalue weighted by atomic mass is 15.3. The molecule has 0 saturated carbocycles. The van der Waals surface area contributed by atoms with Crippen LogP contribution in [0.5, 0.6) is 0 Å². The van der Waals surface area contributed by atoms with Gasteiger partial charge >= 0.3 is 0 Å². The molecule has 1 heterocycles. The van der Waals surface area contributed by atoms with Crippen molar-refractivity contribution in [3.63, 3.8) is 0 Å². The van der Waals surface area contributed by atoms with E-state index in [1.165, 1.54) is 0 Å². The molecule has 0 fully saturated rings. The zero-order valence-corrected chi connectivity index (χ0v) is 11.8. The number of rotatable bonds is 6. The summed E-state index contributed by atoms with van der Waals surface area (Å²) in [5.41, 5.74) is 8.03. The van der Waals surface area contributed by atoms with Crippen LogP contribution in [-0.4, -0.2) is 16.3 Å². The van der Waals surface area contributed by atoms with E-state index in [0.717, 1.165) is 43.1 Å². The van der Waals surface area contributed by atoms with Gasteiger partial charge in [0.15, 0.2) is 0 Å². The van der Waals surface area contributed by atoms with Gasteiger partial charge in [0.05, 0.1) is 11.4 Å². The molecule has 0 atom stereocenters. The Morgan fingerprint density at radius 3 is 2.53 bits per heavy atom. The molecule has 4 heteroatoms. The molecule has 0 amide bonds. The number of nitrogens with zero attached hydrogens (tertiary/aromatic N) is 2. The van der Waals surface area contributed by atoms with Crippen LogP contribution in [0.1, 0.15) is 46.2 Å². The van der Waals surface area contributed by atoms with Gasteiger partial charge in [-0.25, -0.2) is 4.68 Å². The first kappa shape index (κ1) is 13.9. The minimum absolute atomic E-state index is 0.279. The number of anilines is 2. The third kappa shape index (κ3) is 3.38. The first-order chi connectivity index (χ1) is 7.91. The van der Waals surface area contributed by atoms with Gasteiger partial charge in [-0.1, -0.05) is 27.7 Å². The molecule has 0 unspecified atom stereocenters. The number of hydrogen-bond donors (Lipinski definition) is 2. The SMILES string of the molecule is CCCn1nc(C)c(N)c1NCC(C)(C)CC. The quantitative estimate of drug-likeness (QED) is 0.801. The summed E-state index contributed by atoms with van der Waals surface area (Å²) < 4.78 is 1.98. The molecule has 1 aromatic rings. The maximum absolute atomic E-state index is 6.06. The van der Waals surface area contributed by atoms with E-state index in [1.54, 1.807) is 0 Å². The highest BCUT2D eigenvalue weighted by Gasteiger charge is 2.18. The largest absolute Gasteiger partial charge is 0.394 e. The van der Waals surface area contributed by atoms with E-state index in [1.807, 2.05) is 11.6 Å². The van der Waals surface area contributed by atoms with E-state index in [9.17, 15) is 0 Å². The molecule has 4 nitrogen and oxygen atoms in total. The standard InChI is InChI=1S/C13H26N4/c1-6-8-17-12(11(14)10(3)16-17)15-9-13(4,5)7-2/h15H,6-9,14H2,1-5H3. The molecule has 1 aromatic heterocycles. The molecule has 0 bridgehead atoms. The molecule has 1 rings (SSSR count). The van der Waals surface area contributed by atoms with E-state index in [-0.39, 0.29) is 5.41 Å². The molecule has 0 aliphatic carbocycles. The maximum atomic E-state index is 6.06. The van der Waals surface area contributed by atoms with Crippen molar-refractivity contribution in [2.45, 2.75) is 54.0 Å². The molecule has 0 radical (unpaired) electrons. The van der Waals surface area contributed by atoms with Crippen molar-refractivity contribution < 1.29 is 0 Å². The van der Waals surface area contributed by atoms with Crippen molar-refractivity contribution in [2.75, 3.05) is 17.6 Å². The van der Waals surface area contributed by atoms with Gasteiger partial charge in [0.2, 0.25) is 0 Å². The molecular weight excluding hydrogens is 212 g/mol. The number of nitrogen functional groups attached to an aromatic ring is 1. The second-order valence-corrected chi connectivity index (χ2v) is 5.44. The van der Waals surface area contributed by atoms with Gasteiger partial charge < -0.3 is 11.1 Å². The van der Waals surface area contributed by atoms with Gasteiger partial charge in [-0.05, 0) is 25.2 Å². The van der Waals surface area contributed by atoms with Gasteiger partial charge in [0.25, 0.3) is 0 Å². The Balaban J connectivity index is 2.82. The van der Waals surface area contributed by atoms with E-state index in [0.29, 0.717) is 0 Å². The number of hydrogen-bond acceptors (Lipinski definition) is 3. The van der Waals surface area contributed by atoms with Crippen LogP contribution in [-0.2, 0) is 6.54 Å². The number of nitrogens with one attached hydrogen (secondary N) is 1. The summed E-state index contributed by atoms with van der Waals surface area (Å²) in [4.78, 5) is 0. The molecule has 0 aromatic carbocycles. The molecule has 98 valence electrons. The lowest BCUT2D eigenvalue weighted by Gasteiger charge is -2.24. The summed E-state index contributed by atoms with van der Waals surface area (Å²) in [6.45, 7) is 12.6. The van der Waals surface area contributed by atoms with Crippen molar-refractivity contribution in [2.24, 2.45) is 5.41 Å². The van der Waals surface area contributed by atoms with E-state index < -0.39 is 0 Å². The van der Waals surface area contributed by atoms with Gasteiger partial charge in [-0.3, -0.25) is 0 Å². The Kier molecular flexibility index (Phi) is 4.43. The lowest BCUT2D eigenvalue weighted by Crippen LogP contribution is -2.23. The average molecular weight is 238 g/mol. The Morgan fingerprint density at radius 1 is 1.35 bits per heavy atom. The van der Waals surface area contributed by atoms with Crippen molar-refractivity contribution in [3.8, 4) is 0 Å². The summed E-state index contributed by atoms with van der Waals surface area (Å²) in [6, 6.07) is 0. The lowest BCUT2D eigenvalue weighted by molar-refractivity contribution is 0.375. The molecular formula is C13H26N4. The van der Waals surface area contributed by atoms with E-state index in [2.05, 4.69) is 38.1 Å². The van der Waals surface area contributed by atoms with E-state index >= 15 is 0 Å². The Morgan fingerprint density at radius 2 is 2.00 bits per heavy atom. The van der Waals surface area contributed by atoms with Gasteiger partial charge in [0.1, 0.15) is 5.82 Å². The molecule has 0 aliphatic rings. The minimum atomic E-state index is 0.279. The minimum Gasteiger partial charge on any atom is -0.394 e. The zero-order chi connectivity index (χ0) is 13.1. The van der Waals surface area contributed by atoms with Crippen LogP contribution in [0.25, 0.3) is 0 Å². The van der Waals surface area contributed by atoms with Gasteiger partial charge in [-0.15, -0.1) is 0 Å². The topological polar surface area (TPSA) is 55.9 Å². The smallest absolute Gasteiger partial charge is 0.148 e. The number of aryl methyl sites for hydroxylation is 2. The molecule has 0 spiro atoms. The third-order valence-corrected chi connectivity index (χ3v) is 3.30. The Labute approximate surface area is 105 Å². The molecule has 17 heavy (non-hydrogen) atoms. The second kappa shape index (κ2) is 5.43. The van der Waals surface area contributed by atoms with Crippen LogP contribution in [0.2, 0.25) is 0 Å². The monoisotopic (exact) mass is 238 g/mol. The predicted octanol–water partition coefficient (Wildman–Crippen LogP) is 3.03. The predicted molar refractivity (Wildman–Crippen MR) is 74.2 cm³/mol. The van der Waals surface area contributed by atoms with Gasteiger partial charge in [0, 0.05) is 13.1 Å². The first-order valence-electron chi connectivity index (χ1n) is 6.48. The van der Waals surface area contributed by atoms with Crippen LogP contribution < -0.4 is 11.1 Å². The number of nitrogens with two attached hydrogens (primary N) is 1. The fourth-order valence-corrected chi connectivity index (χ4v) is 1.60. The highest BCUT2D eigenvalue weighted by molar-refractivity contribution is 5.64. The summed E-state index contributed by atoms with van der Waals surface area (Å²) in [5.74, 6) is 0.978. The molecule has 0 saturated heterocycles. The van der Waals surface area contributed by atoms with Gasteiger partial charge in [-0.2, -0.15) is 5.10 Å². The Bertz CT molecular complexity index is 366.